The second-order valence-electron chi connectivity index (χ2n) is 4.28. The second-order valence-corrected chi connectivity index (χ2v) is 4.69. The molecular formula is C13H6ClF6NO. The maximum absolute atomic E-state index is 13.8. The zero-order chi connectivity index (χ0) is 16.7. The van der Waals surface area contributed by atoms with Gasteiger partial charge in [0.05, 0.1) is 10.6 Å². The summed E-state index contributed by atoms with van der Waals surface area (Å²) in [6.45, 7) is -1.14. The van der Waals surface area contributed by atoms with Gasteiger partial charge in [-0.1, -0.05) is 11.6 Å². The largest absolute Gasteiger partial charge is 0.418 e. The van der Waals surface area contributed by atoms with Crippen molar-refractivity contribution in [2.45, 2.75) is 12.9 Å². The molecule has 0 saturated carbocycles. The standard InChI is InChI=1S/C13H6ClF6NO/c14-8-5-21(11(22)3-7(8)13(18,19)20)12-9(16)1-6(4-15)2-10(12)17/h1-3,5H,4H2. The highest BCUT2D eigenvalue weighted by Gasteiger charge is 2.34. The molecule has 0 amide bonds. The van der Waals surface area contributed by atoms with Crippen LogP contribution in [0.4, 0.5) is 26.3 Å². The molecule has 2 aromatic rings. The van der Waals surface area contributed by atoms with Gasteiger partial charge in [-0.2, -0.15) is 13.2 Å². The first kappa shape index (κ1) is 16.4. The number of aromatic nitrogens is 1. The fourth-order valence-corrected chi connectivity index (χ4v) is 2.09. The zero-order valence-corrected chi connectivity index (χ0v) is 11.3. The van der Waals surface area contributed by atoms with E-state index < -0.39 is 46.3 Å². The molecule has 0 aliphatic heterocycles. The number of hydrogen-bond acceptors (Lipinski definition) is 1. The molecule has 9 heteroatoms. The van der Waals surface area contributed by atoms with Gasteiger partial charge in [-0.05, 0) is 17.7 Å². The summed E-state index contributed by atoms with van der Waals surface area (Å²) < 4.78 is 78.1. The number of rotatable bonds is 2. The monoisotopic (exact) mass is 341 g/mol. The molecular weight excluding hydrogens is 336 g/mol. The van der Waals surface area contributed by atoms with Crippen LogP contribution in [0, 0.1) is 11.6 Å². The fraction of sp³-hybridized carbons (Fsp3) is 0.154. The fourth-order valence-electron chi connectivity index (χ4n) is 1.83. The Kier molecular flexibility index (Phi) is 4.23. The molecule has 0 radical (unpaired) electrons. The van der Waals surface area contributed by atoms with Gasteiger partial charge in [0, 0.05) is 12.3 Å². The van der Waals surface area contributed by atoms with Crippen molar-refractivity contribution >= 4 is 11.6 Å². The molecule has 2 nitrogen and oxygen atoms in total. The van der Waals surface area contributed by atoms with Gasteiger partial charge in [0.2, 0.25) is 0 Å². The summed E-state index contributed by atoms with van der Waals surface area (Å²) in [5.74, 6) is -2.60. The predicted octanol–water partition coefficient (Wildman–Crippen LogP) is 4.26. The first-order valence-corrected chi connectivity index (χ1v) is 6.06. The number of benzene rings is 1. The van der Waals surface area contributed by atoms with Crippen molar-refractivity contribution in [3.8, 4) is 5.69 Å². The molecule has 1 aromatic carbocycles. The first-order chi connectivity index (χ1) is 10.1. The van der Waals surface area contributed by atoms with Crippen molar-refractivity contribution in [3.05, 3.63) is 62.5 Å². The van der Waals surface area contributed by atoms with Crippen LogP contribution in [-0.4, -0.2) is 4.57 Å². The third-order valence-corrected chi connectivity index (χ3v) is 3.08. The number of halogens is 7. The van der Waals surface area contributed by atoms with Crippen molar-refractivity contribution in [1.82, 2.24) is 4.57 Å². The third-order valence-electron chi connectivity index (χ3n) is 2.78. The zero-order valence-electron chi connectivity index (χ0n) is 10.5. The highest BCUT2D eigenvalue weighted by Crippen LogP contribution is 2.34. The Balaban J connectivity index is 2.70. The lowest BCUT2D eigenvalue weighted by Gasteiger charge is -2.13. The van der Waals surface area contributed by atoms with E-state index in [0.717, 1.165) is 0 Å². The lowest BCUT2D eigenvalue weighted by molar-refractivity contribution is -0.137. The Morgan fingerprint density at radius 2 is 1.64 bits per heavy atom. The van der Waals surface area contributed by atoms with Crippen molar-refractivity contribution in [2.75, 3.05) is 0 Å². The molecule has 2 rings (SSSR count). The highest BCUT2D eigenvalue weighted by molar-refractivity contribution is 6.31. The summed E-state index contributed by atoms with van der Waals surface area (Å²) in [4.78, 5) is 11.7. The number of alkyl halides is 4. The molecule has 0 fully saturated rings. The minimum absolute atomic E-state index is 0.129. The molecule has 0 aliphatic carbocycles. The van der Waals surface area contributed by atoms with E-state index in [9.17, 15) is 31.1 Å². The Morgan fingerprint density at radius 3 is 2.09 bits per heavy atom. The van der Waals surface area contributed by atoms with Crippen molar-refractivity contribution in [1.29, 1.82) is 0 Å². The molecule has 0 N–H and O–H groups in total. The predicted molar refractivity (Wildman–Crippen MR) is 66.8 cm³/mol. The molecule has 0 spiro atoms. The summed E-state index contributed by atoms with van der Waals surface area (Å²) in [7, 11) is 0. The van der Waals surface area contributed by atoms with Gasteiger partial charge in [0.1, 0.15) is 12.4 Å². The molecule has 0 atom stereocenters. The van der Waals surface area contributed by atoms with E-state index in [1.165, 1.54) is 0 Å². The maximum atomic E-state index is 13.8. The molecule has 1 aromatic heterocycles. The Labute approximate surface area is 124 Å². The third kappa shape index (κ3) is 2.96. The van der Waals surface area contributed by atoms with Crippen molar-refractivity contribution < 1.29 is 26.3 Å². The van der Waals surface area contributed by atoms with E-state index in [1.54, 1.807) is 0 Å². The maximum Gasteiger partial charge on any atom is 0.418 e. The Hall–Kier alpha value is -1.96. The SMILES string of the molecule is O=c1cc(C(F)(F)F)c(Cl)cn1-c1c(F)cc(CF)cc1F. The number of pyridine rings is 1. The van der Waals surface area contributed by atoms with Gasteiger partial charge in [0.25, 0.3) is 5.56 Å². The topological polar surface area (TPSA) is 22.0 Å². The second kappa shape index (κ2) is 5.68. The summed E-state index contributed by atoms with van der Waals surface area (Å²) in [6, 6.07) is 1.40. The molecule has 0 unspecified atom stereocenters. The van der Waals surface area contributed by atoms with E-state index in [0.29, 0.717) is 22.9 Å². The van der Waals surface area contributed by atoms with Crippen LogP contribution >= 0.6 is 11.6 Å². The Bertz CT molecular complexity index is 760. The minimum atomic E-state index is -4.88. The van der Waals surface area contributed by atoms with Gasteiger partial charge in [-0.3, -0.25) is 9.36 Å². The molecule has 1 heterocycles. The van der Waals surface area contributed by atoms with Crippen LogP contribution in [0.3, 0.4) is 0 Å². The van der Waals surface area contributed by atoms with Crippen LogP contribution in [0.5, 0.6) is 0 Å². The normalized spacial score (nSPS) is 11.8. The first-order valence-electron chi connectivity index (χ1n) is 5.68. The Morgan fingerprint density at radius 1 is 1.09 bits per heavy atom. The van der Waals surface area contributed by atoms with Gasteiger partial charge in [-0.15, -0.1) is 0 Å². The lowest BCUT2D eigenvalue weighted by atomic mass is 10.2. The van der Waals surface area contributed by atoms with Crippen LogP contribution < -0.4 is 5.56 Å². The van der Waals surface area contributed by atoms with E-state index in [4.69, 9.17) is 11.6 Å². The minimum Gasteiger partial charge on any atom is -0.277 e. The van der Waals surface area contributed by atoms with Crippen LogP contribution in [0.25, 0.3) is 5.69 Å². The van der Waals surface area contributed by atoms with Crippen molar-refractivity contribution in [3.63, 3.8) is 0 Å². The van der Waals surface area contributed by atoms with Gasteiger partial charge < -0.3 is 0 Å². The smallest absolute Gasteiger partial charge is 0.277 e. The molecule has 22 heavy (non-hydrogen) atoms. The van der Waals surface area contributed by atoms with E-state index in [1.807, 2.05) is 0 Å². The summed E-state index contributed by atoms with van der Waals surface area (Å²) in [6.07, 6.45) is -4.42. The summed E-state index contributed by atoms with van der Waals surface area (Å²) in [5, 5.41) is -0.902. The van der Waals surface area contributed by atoms with Crippen LogP contribution in [0.15, 0.2) is 29.2 Å². The van der Waals surface area contributed by atoms with Gasteiger partial charge in [-0.25, -0.2) is 13.2 Å². The number of hydrogen-bond donors (Lipinski definition) is 0. The molecule has 0 aliphatic rings. The molecule has 118 valence electrons. The van der Waals surface area contributed by atoms with E-state index in [-0.39, 0.29) is 11.6 Å². The van der Waals surface area contributed by atoms with Crippen molar-refractivity contribution in [2.24, 2.45) is 0 Å². The average molecular weight is 342 g/mol. The van der Waals surface area contributed by atoms with E-state index in [2.05, 4.69) is 0 Å². The van der Waals surface area contributed by atoms with Gasteiger partial charge >= 0.3 is 6.18 Å². The van der Waals surface area contributed by atoms with Gasteiger partial charge in [0.15, 0.2) is 11.6 Å². The van der Waals surface area contributed by atoms with Crippen LogP contribution in [0.1, 0.15) is 11.1 Å². The van der Waals surface area contributed by atoms with E-state index >= 15 is 0 Å². The van der Waals surface area contributed by atoms with Crippen LogP contribution in [0.2, 0.25) is 5.02 Å². The number of nitrogens with zero attached hydrogens (tertiary/aromatic N) is 1. The quantitative estimate of drug-likeness (QED) is 0.748. The lowest BCUT2D eigenvalue weighted by Crippen LogP contribution is -2.22. The highest BCUT2D eigenvalue weighted by atomic mass is 35.5. The summed E-state index contributed by atoms with van der Waals surface area (Å²) >= 11 is 5.41. The summed E-state index contributed by atoms with van der Waals surface area (Å²) in [5.41, 5.74) is -4.00. The molecule has 0 saturated heterocycles. The molecule has 0 bridgehead atoms. The van der Waals surface area contributed by atoms with Crippen LogP contribution in [-0.2, 0) is 12.9 Å². The average Bonchev–Trinajstić information content (AvgIpc) is 2.39.